The summed E-state index contributed by atoms with van der Waals surface area (Å²) in [6.45, 7) is 6.65. The molecule has 0 aliphatic rings. The Morgan fingerprint density at radius 2 is 1.63 bits per heavy atom. The first-order chi connectivity index (χ1) is 9.10. The number of hydrogen-bond acceptors (Lipinski definition) is 3. The maximum absolute atomic E-state index is 5.83. The Bertz CT molecular complexity index is 579. The quantitative estimate of drug-likeness (QED) is 0.839. The van der Waals surface area contributed by atoms with Crippen LogP contribution >= 0.6 is 0 Å². The number of rotatable bonds is 4. The molecule has 2 aromatic carbocycles. The third kappa shape index (κ3) is 3.19. The van der Waals surface area contributed by atoms with Gasteiger partial charge in [-0.15, -0.1) is 0 Å². The third-order valence-electron chi connectivity index (χ3n) is 3.00. The molecular weight excluding hydrogens is 238 g/mol. The number of nitrogen functional groups attached to an aromatic ring is 1. The van der Waals surface area contributed by atoms with Gasteiger partial charge in [-0.3, -0.25) is 0 Å². The number of aryl methyl sites for hydroxylation is 2. The van der Waals surface area contributed by atoms with Gasteiger partial charge in [-0.1, -0.05) is 6.07 Å². The molecule has 0 spiro atoms. The number of anilines is 1. The van der Waals surface area contributed by atoms with Crippen molar-refractivity contribution in [2.75, 3.05) is 12.3 Å². The zero-order valence-corrected chi connectivity index (χ0v) is 11.6. The molecule has 2 aromatic rings. The highest BCUT2D eigenvalue weighted by molar-refractivity contribution is 5.56. The van der Waals surface area contributed by atoms with Crippen molar-refractivity contribution in [1.82, 2.24) is 0 Å². The average molecular weight is 257 g/mol. The minimum Gasteiger partial charge on any atom is -0.492 e. The Balaban J connectivity index is 2.22. The molecule has 0 bridgehead atoms. The first kappa shape index (κ1) is 13.3. The fraction of sp³-hybridized carbons (Fsp3) is 0.250. The molecule has 0 amide bonds. The van der Waals surface area contributed by atoms with Gasteiger partial charge in [-0.25, -0.2) is 0 Å². The maximum atomic E-state index is 5.83. The maximum Gasteiger partial charge on any atom is 0.145 e. The second-order valence-corrected chi connectivity index (χ2v) is 4.48. The van der Waals surface area contributed by atoms with Crippen molar-refractivity contribution in [2.24, 2.45) is 0 Å². The molecule has 100 valence electrons. The van der Waals surface area contributed by atoms with E-state index in [-0.39, 0.29) is 0 Å². The van der Waals surface area contributed by atoms with Gasteiger partial charge in [0.2, 0.25) is 0 Å². The van der Waals surface area contributed by atoms with Gasteiger partial charge < -0.3 is 15.2 Å². The SMILES string of the molecule is CCOc1cc(Oc2ccc(C)c(C)c2)ccc1N. The largest absolute Gasteiger partial charge is 0.492 e. The van der Waals surface area contributed by atoms with E-state index >= 15 is 0 Å². The van der Waals surface area contributed by atoms with E-state index in [1.807, 2.05) is 37.3 Å². The van der Waals surface area contributed by atoms with E-state index in [1.54, 1.807) is 6.07 Å². The van der Waals surface area contributed by atoms with Crippen LogP contribution in [0, 0.1) is 13.8 Å². The summed E-state index contributed by atoms with van der Waals surface area (Å²) in [4.78, 5) is 0. The molecular formula is C16H19NO2. The van der Waals surface area contributed by atoms with Crippen LogP contribution in [0.4, 0.5) is 5.69 Å². The molecule has 3 heteroatoms. The molecule has 0 aliphatic carbocycles. The molecule has 0 saturated carbocycles. The molecule has 0 heterocycles. The van der Waals surface area contributed by atoms with Crippen LogP contribution in [0.2, 0.25) is 0 Å². The fourth-order valence-corrected chi connectivity index (χ4v) is 1.77. The van der Waals surface area contributed by atoms with Crippen LogP contribution in [-0.2, 0) is 0 Å². The van der Waals surface area contributed by atoms with Gasteiger partial charge in [0.05, 0.1) is 12.3 Å². The molecule has 2 N–H and O–H groups in total. The number of nitrogens with two attached hydrogens (primary N) is 1. The third-order valence-corrected chi connectivity index (χ3v) is 3.00. The fourth-order valence-electron chi connectivity index (χ4n) is 1.77. The molecule has 0 radical (unpaired) electrons. The second kappa shape index (κ2) is 5.65. The van der Waals surface area contributed by atoms with Gasteiger partial charge in [0.15, 0.2) is 0 Å². The van der Waals surface area contributed by atoms with Crippen molar-refractivity contribution in [2.45, 2.75) is 20.8 Å². The minimum absolute atomic E-state index is 0.581. The summed E-state index contributed by atoms with van der Waals surface area (Å²) in [7, 11) is 0. The lowest BCUT2D eigenvalue weighted by Crippen LogP contribution is -1.97. The monoisotopic (exact) mass is 257 g/mol. The second-order valence-electron chi connectivity index (χ2n) is 4.48. The lowest BCUT2D eigenvalue weighted by Gasteiger charge is -2.11. The highest BCUT2D eigenvalue weighted by Gasteiger charge is 2.04. The van der Waals surface area contributed by atoms with Crippen LogP contribution < -0.4 is 15.2 Å². The van der Waals surface area contributed by atoms with Gasteiger partial charge >= 0.3 is 0 Å². The summed E-state index contributed by atoms with van der Waals surface area (Å²) < 4.78 is 11.3. The molecule has 3 nitrogen and oxygen atoms in total. The van der Waals surface area contributed by atoms with Crippen LogP contribution in [0.1, 0.15) is 18.1 Å². The molecule has 19 heavy (non-hydrogen) atoms. The summed E-state index contributed by atoms with van der Waals surface area (Å²) >= 11 is 0. The van der Waals surface area contributed by atoms with E-state index < -0.39 is 0 Å². The first-order valence-corrected chi connectivity index (χ1v) is 6.37. The van der Waals surface area contributed by atoms with Crippen LogP contribution in [-0.4, -0.2) is 6.61 Å². The lowest BCUT2D eigenvalue weighted by molar-refractivity contribution is 0.340. The average Bonchev–Trinajstić information content (AvgIpc) is 2.38. The summed E-state index contributed by atoms with van der Waals surface area (Å²) in [5, 5.41) is 0. The van der Waals surface area contributed by atoms with Crippen molar-refractivity contribution in [3.05, 3.63) is 47.5 Å². The predicted octanol–water partition coefficient (Wildman–Crippen LogP) is 4.08. The highest BCUT2D eigenvalue weighted by Crippen LogP contribution is 2.30. The number of hydrogen-bond donors (Lipinski definition) is 1. The number of ether oxygens (including phenoxy) is 2. The molecule has 0 saturated heterocycles. The smallest absolute Gasteiger partial charge is 0.145 e. The van der Waals surface area contributed by atoms with Crippen LogP contribution in [0.25, 0.3) is 0 Å². The topological polar surface area (TPSA) is 44.5 Å². The molecule has 0 aliphatic heterocycles. The van der Waals surface area contributed by atoms with Crippen LogP contribution in [0.15, 0.2) is 36.4 Å². The molecule has 0 unspecified atom stereocenters. The zero-order valence-electron chi connectivity index (χ0n) is 11.6. The van der Waals surface area contributed by atoms with Crippen molar-refractivity contribution < 1.29 is 9.47 Å². The van der Waals surface area contributed by atoms with E-state index in [1.165, 1.54) is 11.1 Å². The Morgan fingerprint density at radius 3 is 2.32 bits per heavy atom. The molecule has 0 aromatic heterocycles. The Hall–Kier alpha value is -2.16. The van der Waals surface area contributed by atoms with E-state index in [0.29, 0.717) is 18.0 Å². The van der Waals surface area contributed by atoms with E-state index in [0.717, 1.165) is 11.5 Å². The van der Waals surface area contributed by atoms with Gasteiger partial charge in [0.1, 0.15) is 17.2 Å². The Labute approximate surface area is 114 Å². The van der Waals surface area contributed by atoms with Crippen molar-refractivity contribution >= 4 is 5.69 Å². The van der Waals surface area contributed by atoms with Crippen molar-refractivity contribution in [1.29, 1.82) is 0 Å². The van der Waals surface area contributed by atoms with E-state index in [9.17, 15) is 0 Å². The van der Waals surface area contributed by atoms with Gasteiger partial charge in [-0.05, 0) is 56.2 Å². The van der Waals surface area contributed by atoms with Crippen LogP contribution in [0.3, 0.4) is 0 Å². The van der Waals surface area contributed by atoms with E-state index in [4.69, 9.17) is 15.2 Å². The van der Waals surface area contributed by atoms with Gasteiger partial charge in [0.25, 0.3) is 0 Å². The van der Waals surface area contributed by atoms with Crippen molar-refractivity contribution in [3.63, 3.8) is 0 Å². The number of benzene rings is 2. The molecule has 0 fully saturated rings. The predicted molar refractivity (Wildman–Crippen MR) is 78.0 cm³/mol. The molecule has 2 rings (SSSR count). The zero-order chi connectivity index (χ0) is 13.8. The van der Waals surface area contributed by atoms with Gasteiger partial charge in [0, 0.05) is 6.07 Å². The summed E-state index contributed by atoms with van der Waals surface area (Å²) in [5.41, 5.74) is 8.91. The first-order valence-electron chi connectivity index (χ1n) is 6.37. The summed E-state index contributed by atoms with van der Waals surface area (Å²) in [5.74, 6) is 2.19. The summed E-state index contributed by atoms with van der Waals surface area (Å²) in [6.07, 6.45) is 0. The lowest BCUT2D eigenvalue weighted by atomic mass is 10.1. The Kier molecular flexibility index (Phi) is 3.95. The van der Waals surface area contributed by atoms with Crippen LogP contribution in [0.5, 0.6) is 17.2 Å². The van der Waals surface area contributed by atoms with E-state index in [2.05, 4.69) is 13.8 Å². The highest BCUT2D eigenvalue weighted by atomic mass is 16.5. The normalized spacial score (nSPS) is 10.3. The molecule has 0 atom stereocenters. The Morgan fingerprint density at radius 1 is 0.947 bits per heavy atom. The summed E-state index contributed by atoms with van der Waals surface area (Å²) in [6, 6.07) is 11.5. The van der Waals surface area contributed by atoms with Gasteiger partial charge in [-0.2, -0.15) is 0 Å². The van der Waals surface area contributed by atoms with Crippen molar-refractivity contribution in [3.8, 4) is 17.2 Å². The standard InChI is InChI=1S/C16H19NO2/c1-4-18-16-10-14(7-8-15(16)17)19-13-6-5-11(2)12(3)9-13/h5-10H,4,17H2,1-3H3. The minimum atomic E-state index is 0.581.